The van der Waals surface area contributed by atoms with E-state index in [4.69, 9.17) is 17.5 Å². The first kappa shape index (κ1) is 16.4. The van der Waals surface area contributed by atoms with E-state index in [0.717, 1.165) is 28.4 Å². The molecular formula is C15H18N2OS4. The molecule has 3 nitrogen and oxygen atoms in total. The number of nitrogens with zero attached hydrogens (tertiary/aromatic N) is 2. The maximum absolute atomic E-state index is 12.8. The lowest BCUT2D eigenvalue weighted by Crippen LogP contribution is -2.57. The molecule has 2 atom stereocenters. The molecule has 0 N–H and O–H groups in total. The van der Waals surface area contributed by atoms with Crippen molar-refractivity contribution in [3.05, 3.63) is 14.3 Å². The molecule has 0 spiro atoms. The van der Waals surface area contributed by atoms with Crippen LogP contribution in [0, 0.1) is 14.5 Å². The van der Waals surface area contributed by atoms with Gasteiger partial charge in [0.2, 0.25) is 5.91 Å². The summed E-state index contributed by atoms with van der Waals surface area (Å²) in [6.45, 7) is 4.26. The molecule has 7 heteroatoms. The van der Waals surface area contributed by atoms with Gasteiger partial charge in [-0.1, -0.05) is 45.7 Å². The van der Waals surface area contributed by atoms with Crippen molar-refractivity contribution in [2.24, 2.45) is 0 Å². The molecule has 22 heavy (non-hydrogen) atoms. The molecule has 1 aliphatic heterocycles. The third kappa shape index (κ3) is 2.54. The lowest BCUT2D eigenvalue weighted by Gasteiger charge is -2.52. The third-order valence-corrected chi connectivity index (χ3v) is 8.68. The number of hydrogen-bond acceptors (Lipinski definition) is 6. The first-order valence-electron chi connectivity index (χ1n) is 7.45. The largest absolute Gasteiger partial charge is 0.328 e. The van der Waals surface area contributed by atoms with E-state index in [9.17, 15) is 4.79 Å². The molecule has 3 rings (SSSR count). The van der Waals surface area contributed by atoms with E-state index in [0.29, 0.717) is 5.92 Å². The Labute approximate surface area is 147 Å². The van der Waals surface area contributed by atoms with Crippen LogP contribution < -0.4 is 0 Å². The second kappa shape index (κ2) is 6.23. The van der Waals surface area contributed by atoms with Gasteiger partial charge in [0, 0.05) is 22.4 Å². The van der Waals surface area contributed by atoms with Crippen LogP contribution in [0.1, 0.15) is 55.9 Å². The minimum Gasteiger partial charge on any atom is -0.328 e. The van der Waals surface area contributed by atoms with Crippen molar-refractivity contribution in [3.8, 4) is 5.40 Å². The summed E-state index contributed by atoms with van der Waals surface area (Å²) in [4.78, 5) is 16.1. The summed E-state index contributed by atoms with van der Waals surface area (Å²) in [6.07, 6.45) is 4.55. The predicted molar refractivity (Wildman–Crippen MR) is 96.0 cm³/mol. The summed E-state index contributed by atoms with van der Waals surface area (Å²) in [5.41, 5.74) is 1.02. The topological polar surface area (TPSA) is 44.1 Å². The van der Waals surface area contributed by atoms with Gasteiger partial charge in [0.1, 0.15) is 9.23 Å². The van der Waals surface area contributed by atoms with Crippen LogP contribution >= 0.6 is 44.7 Å². The second-order valence-electron chi connectivity index (χ2n) is 6.36. The number of amides is 1. The fourth-order valence-electron chi connectivity index (χ4n) is 3.95. The standard InChI is InChI=1S/C15H18N2OS4/c1-15(2)13-12(14(19)22-21-13)9-5-3-4-6-10(9)17(15)11(18)7-20-8-16/h9-10H,3-7H2,1-2H3. The van der Waals surface area contributed by atoms with Gasteiger partial charge in [-0.2, -0.15) is 5.26 Å². The van der Waals surface area contributed by atoms with Crippen LogP contribution in [-0.4, -0.2) is 22.6 Å². The summed E-state index contributed by atoms with van der Waals surface area (Å²) in [5, 5.41) is 10.8. The van der Waals surface area contributed by atoms with Crippen molar-refractivity contribution >= 4 is 50.6 Å². The molecule has 1 saturated carbocycles. The number of nitriles is 1. The summed E-state index contributed by atoms with van der Waals surface area (Å²) >= 11 is 6.63. The maximum atomic E-state index is 12.8. The van der Waals surface area contributed by atoms with E-state index in [1.165, 1.54) is 23.3 Å². The Morgan fingerprint density at radius 2 is 2.18 bits per heavy atom. The molecule has 0 saturated heterocycles. The van der Waals surface area contributed by atoms with Crippen molar-refractivity contribution in [3.63, 3.8) is 0 Å². The number of carbonyl (C=O) groups is 1. The average Bonchev–Trinajstić information content (AvgIpc) is 2.88. The van der Waals surface area contributed by atoms with Crippen LogP contribution in [0.3, 0.4) is 0 Å². The summed E-state index contributed by atoms with van der Waals surface area (Å²) in [5.74, 6) is 0.722. The first-order valence-corrected chi connectivity index (χ1v) is 11.0. The Balaban J connectivity index is 2.08. The van der Waals surface area contributed by atoms with E-state index < -0.39 is 0 Å². The fourth-order valence-corrected chi connectivity index (χ4v) is 7.75. The van der Waals surface area contributed by atoms with Crippen LogP contribution in [0.5, 0.6) is 0 Å². The molecule has 0 radical (unpaired) electrons. The van der Waals surface area contributed by atoms with Gasteiger partial charge in [0.05, 0.1) is 11.3 Å². The van der Waals surface area contributed by atoms with Gasteiger partial charge in [0.15, 0.2) is 0 Å². The van der Waals surface area contributed by atoms with Gasteiger partial charge >= 0.3 is 0 Å². The number of thioether (sulfide) groups is 1. The molecular weight excluding hydrogens is 352 g/mol. The maximum Gasteiger partial charge on any atom is 0.234 e. The fraction of sp³-hybridized carbons (Fsp3) is 0.667. The third-order valence-electron chi connectivity index (χ3n) is 4.78. The zero-order chi connectivity index (χ0) is 15.9. The number of hydrogen-bond donors (Lipinski definition) is 0. The molecule has 2 aliphatic rings. The smallest absolute Gasteiger partial charge is 0.234 e. The Hall–Kier alpha value is -0.420. The molecule has 1 aliphatic carbocycles. The molecule has 1 aromatic rings. The van der Waals surface area contributed by atoms with Gasteiger partial charge < -0.3 is 4.90 Å². The number of fused-ring (bicyclic) bond motifs is 3. The highest BCUT2D eigenvalue weighted by atomic mass is 32.9. The van der Waals surface area contributed by atoms with Gasteiger partial charge in [-0.25, -0.2) is 0 Å². The predicted octanol–water partition coefficient (Wildman–Crippen LogP) is 4.86. The summed E-state index contributed by atoms with van der Waals surface area (Å²) < 4.78 is 1.02. The van der Waals surface area contributed by atoms with Crippen LogP contribution in [0.15, 0.2) is 0 Å². The van der Waals surface area contributed by atoms with E-state index in [-0.39, 0.29) is 23.2 Å². The van der Waals surface area contributed by atoms with Crippen molar-refractivity contribution in [1.82, 2.24) is 4.90 Å². The molecule has 1 fully saturated rings. The zero-order valence-electron chi connectivity index (χ0n) is 12.6. The van der Waals surface area contributed by atoms with Crippen molar-refractivity contribution in [2.75, 3.05) is 5.75 Å². The van der Waals surface area contributed by atoms with Crippen LogP contribution in [-0.2, 0) is 10.3 Å². The highest BCUT2D eigenvalue weighted by molar-refractivity contribution is 8.04. The second-order valence-corrected chi connectivity index (χ2v) is 9.93. The Kier molecular flexibility index (Phi) is 4.66. The molecule has 2 unspecified atom stereocenters. The van der Waals surface area contributed by atoms with E-state index in [2.05, 4.69) is 18.7 Å². The molecule has 118 valence electrons. The molecule has 0 bridgehead atoms. The molecule has 2 heterocycles. The SMILES string of the molecule is CC1(C)c2ssc(=S)c2C2CCCCC2N1C(=O)CSC#N. The zero-order valence-corrected chi connectivity index (χ0v) is 15.9. The highest BCUT2D eigenvalue weighted by Crippen LogP contribution is 2.52. The Bertz CT molecular complexity index is 684. The van der Waals surface area contributed by atoms with Crippen molar-refractivity contribution in [2.45, 2.75) is 57.0 Å². The monoisotopic (exact) mass is 370 g/mol. The lowest BCUT2D eigenvalue weighted by molar-refractivity contribution is -0.140. The van der Waals surface area contributed by atoms with Gasteiger partial charge in [-0.15, -0.1) is 0 Å². The number of rotatable bonds is 2. The average molecular weight is 371 g/mol. The minimum atomic E-state index is -0.320. The minimum absolute atomic E-state index is 0.0865. The van der Waals surface area contributed by atoms with Crippen LogP contribution in [0.4, 0.5) is 0 Å². The Morgan fingerprint density at radius 1 is 1.45 bits per heavy atom. The van der Waals surface area contributed by atoms with Crippen molar-refractivity contribution in [1.29, 1.82) is 5.26 Å². The normalized spacial score (nSPS) is 26.0. The lowest BCUT2D eigenvalue weighted by atomic mass is 9.73. The van der Waals surface area contributed by atoms with Gasteiger partial charge in [-0.05, 0) is 38.5 Å². The van der Waals surface area contributed by atoms with Gasteiger partial charge in [0.25, 0.3) is 0 Å². The summed E-state index contributed by atoms with van der Waals surface area (Å²) in [6, 6.07) is 0.242. The molecule has 1 amide bonds. The first-order chi connectivity index (χ1) is 10.5. The summed E-state index contributed by atoms with van der Waals surface area (Å²) in [7, 11) is 3.40. The number of thiocyanates is 1. The van der Waals surface area contributed by atoms with Gasteiger partial charge in [-0.3, -0.25) is 4.79 Å². The molecule has 0 aromatic carbocycles. The van der Waals surface area contributed by atoms with E-state index in [1.807, 2.05) is 5.40 Å². The van der Waals surface area contributed by atoms with Crippen LogP contribution in [0.25, 0.3) is 0 Å². The van der Waals surface area contributed by atoms with E-state index >= 15 is 0 Å². The highest BCUT2D eigenvalue weighted by Gasteiger charge is 2.49. The molecule has 1 aromatic heterocycles. The van der Waals surface area contributed by atoms with E-state index in [1.54, 1.807) is 20.7 Å². The Morgan fingerprint density at radius 3 is 2.91 bits per heavy atom. The quantitative estimate of drug-likeness (QED) is 0.424. The number of carbonyl (C=O) groups excluding carboxylic acids is 1. The van der Waals surface area contributed by atoms with Crippen LogP contribution in [0.2, 0.25) is 0 Å². The van der Waals surface area contributed by atoms with Crippen molar-refractivity contribution < 1.29 is 4.79 Å².